The fourth-order valence-electron chi connectivity index (χ4n) is 2.41. The van der Waals surface area contributed by atoms with Gasteiger partial charge in [0.25, 0.3) is 0 Å². The van der Waals surface area contributed by atoms with Crippen molar-refractivity contribution in [3.05, 3.63) is 61.4 Å². The summed E-state index contributed by atoms with van der Waals surface area (Å²) in [6, 6.07) is 13.7. The number of anilines is 2. The van der Waals surface area contributed by atoms with Crippen LogP contribution in [0.1, 0.15) is 0 Å². The van der Waals surface area contributed by atoms with Gasteiger partial charge in [-0.2, -0.15) is 0 Å². The van der Waals surface area contributed by atoms with Gasteiger partial charge in [0, 0.05) is 18.1 Å². The summed E-state index contributed by atoms with van der Waals surface area (Å²) in [7, 11) is 1.83. The van der Waals surface area contributed by atoms with Crippen LogP contribution in [0.2, 0.25) is 0 Å². The molecule has 0 radical (unpaired) electrons. The van der Waals surface area contributed by atoms with E-state index in [1.165, 1.54) is 6.08 Å². The predicted molar refractivity (Wildman–Crippen MR) is 93.3 cm³/mol. The van der Waals surface area contributed by atoms with Crippen molar-refractivity contribution >= 4 is 28.3 Å². The standard InChI is InChI=1S/C18H16N4O/c1-3-17(23)22-14-6-4-5-12(9-14)13-7-8-15-16(10-13)20-11-21-18(15)19-2/h3-11H,1H2,2H3,(H,22,23)(H,19,20,21). The Morgan fingerprint density at radius 3 is 2.74 bits per heavy atom. The van der Waals surface area contributed by atoms with E-state index in [9.17, 15) is 4.79 Å². The normalized spacial score (nSPS) is 10.3. The summed E-state index contributed by atoms with van der Waals surface area (Å²) in [4.78, 5) is 20.0. The minimum atomic E-state index is -0.230. The smallest absolute Gasteiger partial charge is 0.247 e. The maximum absolute atomic E-state index is 11.4. The lowest BCUT2D eigenvalue weighted by atomic mass is 10.0. The number of benzene rings is 2. The van der Waals surface area contributed by atoms with Crippen molar-refractivity contribution < 1.29 is 4.79 Å². The molecule has 114 valence electrons. The lowest BCUT2D eigenvalue weighted by Gasteiger charge is -2.08. The number of fused-ring (bicyclic) bond motifs is 1. The summed E-state index contributed by atoms with van der Waals surface area (Å²) in [5.41, 5.74) is 3.61. The Bertz CT molecular complexity index is 889. The number of carbonyl (C=O) groups excluding carboxylic acids is 1. The molecule has 5 heteroatoms. The quantitative estimate of drug-likeness (QED) is 0.724. The number of hydrogen-bond donors (Lipinski definition) is 2. The Hall–Kier alpha value is -3.21. The van der Waals surface area contributed by atoms with E-state index in [1.54, 1.807) is 6.33 Å². The minimum absolute atomic E-state index is 0.230. The topological polar surface area (TPSA) is 66.9 Å². The molecule has 5 nitrogen and oxygen atoms in total. The van der Waals surface area contributed by atoms with Crippen molar-refractivity contribution in [3.8, 4) is 11.1 Å². The van der Waals surface area contributed by atoms with Crippen LogP contribution < -0.4 is 10.6 Å². The lowest BCUT2D eigenvalue weighted by Crippen LogP contribution is -2.06. The van der Waals surface area contributed by atoms with Crippen molar-refractivity contribution in [3.63, 3.8) is 0 Å². The second-order valence-electron chi connectivity index (χ2n) is 4.98. The van der Waals surface area contributed by atoms with Gasteiger partial charge >= 0.3 is 0 Å². The summed E-state index contributed by atoms with van der Waals surface area (Å²) in [6.45, 7) is 3.46. The van der Waals surface area contributed by atoms with Gasteiger partial charge in [0.05, 0.1) is 5.52 Å². The molecule has 3 rings (SSSR count). The molecule has 0 aliphatic heterocycles. The number of nitrogens with zero attached hydrogens (tertiary/aromatic N) is 2. The van der Waals surface area contributed by atoms with E-state index in [0.717, 1.165) is 33.5 Å². The fraction of sp³-hybridized carbons (Fsp3) is 0.0556. The van der Waals surface area contributed by atoms with E-state index in [4.69, 9.17) is 0 Å². The van der Waals surface area contributed by atoms with Crippen LogP contribution in [0, 0.1) is 0 Å². The lowest BCUT2D eigenvalue weighted by molar-refractivity contribution is -0.111. The van der Waals surface area contributed by atoms with Crippen LogP contribution in [0.4, 0.5) is 11.5 Å². The molecular weight excluding hydrogens is 288 g/mol. The molecule has 0 aliphatic rings. The van der Waals surface area contributed by atoms with Crippen molar-refractivity contribution in [2.24, 2.45) is 0 Å². The van der Waals surface area contributed by atoms with Crippen molar-refractivity contribution in [1.29, 1.82) is 0 Å². The van der Waals surface area contributed by atoms with E-state index in [2.05, 4.69) is 27.2 Å². The van der Waals surface area contributed by atoms with E-state index in [-0.39, 0.29) is 5.91 Å². The Kier molecular flexibility index (Phi) is 4.01. The molecule has 0 saturated heterocycles. The summed E-state index contributed by atoms with van der Waals surface area (Å²) < 4.78 is 0. The molecule has 0 bridgehead atoms. The van der Waals surface area contributed by atoms with Gasteiger partial charge in [-0.25, -0.2) is 9.97 Å². The molecule has 0 fully saturated rings. The highest BCUT2D eigenvalue weighted by atomic mass is 16.1. The van der Waals surface area contributed by atoms with Crippen molar-refractivity contribution in [1.82, 2.24) is 9.97 Å². The molecule has 0 unspecified atom stereocenters. The monoisotopic (exact) mass is 304 g/mol. The summed E-state index contributed by atoms with van der Waals surface area (Å²) in [6.07, 6.45) is 2.79. The Labute approximate surface area is 134 Å². The van der Waals surface area contributed by atoms with Crippen molar-refractivity contribution in [2.45, 2.75) is 0 Å². The number of rotatable bonds is 4. The van der Waals surface area contributed by atoms with Crippen LogP contribution in [0.3, 0.4) is 0 Å². The minimum Gasteiger partial charge on any atom is -0.373 e. The van der Waals surface area contributed by atoms with E-state index >= 15 is 0 Å². The molecule has 1 amide bonds. The van der Waals surface area contributed by atoms with Gasteiger partial charge in [-0.3, -0.25) is 4.79 Å². The van der Waals surface area contributed by atoms with Gasteiger partial charge in [-0.1, -0.05) is 24.8 Å². The molecule has 2 N–H and O–H groups in total. The van der Waals surface area contributed by atoms with Crippen LogP contribution in [-0.2, 0) is 4.79 Å². The predicted octanol–water partition coefficient (Wildman–Crippen LogP) is 3.46. The van der Waals surface area contributed by atoms with Crippen LogP contribution in [0.5, 0.6) is 0 Å². The first-order chi connectivity index (χ1) is 11.2. The average molecular weight is 304 g/mol. The molecule has 1 heterocycles. The summed E-state index contributed by atoms with van der Waals surface area (Å²) in [5.74, 6) is 0.570. The maximum Gasteiger partial charge on any atom is 0.247 e. The Balaban J connectivity index is 2.01. The Morgan fingerprint density at radius 2 is 1.96 bits per heavy atom. The number of nitrogens with one attached hydrogen (secondary N) is 2. The van der Waals surface area contributed by atoms with Crippen LogP contribution in [-0.4, -0.2) is 22.9 Å². The summed E-state index contributed by atoms with van der Waals surface area (Å²) >= 11 is 0. The largest absolute Gasteiger partial charge is 0.373 e. The molecule has 0 atom stereocenters. The molecule has 23 heavy (non-hydrogen) atoms. The zero-order valence-electron chi connectivity index (χ0n) is 12.7. The van der Waals surface area contributed by atoms with Gasteiger partial charge in [-0.15, -0.1) is 0 Å². The molecular formula is C18H16N4O. The zero-order chi connectivity index (χ0) is 16.2. The summed E-state index contributed by atoms with van der Waals surface area (Å²) in [5, 5.41) is 6.79. The van der Waals surface area contributed by atoms with Gasteiger partial charge < -0.3 is 10.6 Å². The third-order valence-corrected chi connectivity index (χ3v) is 3.52. The molecule has 3 aromatic rings. The number of hydrogen-bond acceptors (Lipinski definition) is 4. The Morgan fingerprint density at radius 1 is 1.13 bits per heavy atom. The first kappa shape index (κ1) is 14.7. The SMILES string of the molecule is C=CC(=O)Nc1cccc(-c2ccc3c(NC)ncnc3c2)c1. The van der Waals surface area contributed by atoms with Crippen molar-refractivity contribution in [2.75, 3.05) is 17.7 Å². The van der Waals surface area contributed by atoms with Crippen LogP contribution in [0.15, 0.2) is 61.4 Å². The average Bonchev–Trinajstić information content (AvgIpc) is 2.60. The highest BCUT2D eigenvalue weighted by Crippen LogP contribution is 2.27. The van der Waals surface area contributed by atoms with Gasteiger partial charge in [0.2, 0.25) is 5.91 Å². The second kappa shape index (κ2) is 6.27. The van der Waals surface area contributed by atoms with E-state index in [0.29, 0.717) is 0 Å². The molecule has 1 aromatic heterocycles. The highest BCUT2D eigenvalue weighted by molar-refractivity contribution is 5.99. The van der Waals surface area contributed by atoms with Gasteiger partial charge in [0.15, 0.2) is 0 Å². The second-order valence-corrected chi connectivity index (χ2v) is 4.98. The number of amides is 1. The number of carbonyl (C=O) groups is 1. The van der Waals surface area contributed by atoms with E-state index in [1.807, 2.05) is 49.5 Å². The first-order valence-corrected chi connectivity index (χ1v) is 7.17. The van der Waals surface area contributed by atoms with Gasteiger partial charge in [0.1, 0.15) is 12.1 Å². The third kappa shape index (κ3) is 3.03. The van der Waals surface area contributed by atoms with E-state index < -0.39 is 0 Å². The molecule has 0 aliphatic carbocycles. The van der Waals surface area contributed by atoms with Crippen LogP contribution >= 0.6 is 0 Å². The fourth-order valence-corrected chi connectivity index (χ4v) is 2.41. The first-order valence-electron chi connectivity index (χ1n) is 7.17. The molecule has 0 saturated carbocycles. The third-order valence-electron chi connectivity index (χ3n) is 3.52. The highest BCUT2D eigenvalue weighted by Gasteiger charge is 2.06. The molecule has 2 aromatic carbocycles. The number of aromatic nitrogens is 2. The zero-order valence-corrected chi connectivity index (χ0v) is 12.7. The van der Waals surface area contributed by atoms with Gasteiger partial charge in [-0.05, 0) is 41.5 Å². The molecule has 0 spiro atoms. The van der Waals surface area contributed by atoms with Crippen LogP contribution in [0.25, 0.3) is 22.0 Å². The maximum atomic E-state index is 11.4.